The zero-order chi connectivity index (χ0) is 18.5. The molecule has 0 bridgehead atoms. The van der Waals surface area contributed by atoms with Gasteiger partial charge >= 0.3 is 0 Å². The molecule has 5 rings (SSSR count). The zero-order valence-electron chi connectivity index (χ0n) is 14.4. The molecule has 1 atom stereocenters. The summed E-state index contributed by atoms with van der Waals surface area (Å²) in [6, 6.07) is 16.2. The fourth-order valence-corrected chi connectivity index (χ4v) is 3.64. The van der Waals surface area contributed by atoms with Gasteiger partial charge in [0.2, 0.25) is 0 Å². The molecule has 27 heavy (non-hydrogen) atoms. The number of halogens is 1. The molecule has 1 saturated carbocycles. The first-order chi connectivity index (χ1) is 13.1. The van der Waals surface area contributed by atoms with E-state index in [1.807, 2.05) is 30.3 Å². The molecular weight excluding hydrogens is 345 g/mol. The Morgan fingerprint density at radius 3 is 2.33 bits per heavy atom. The minimum atomic E-state index is -0.534. The summed E-state index contributed by atoms with van der Waals surface area (Å²) in [6.45, 7) is 0. The Bertz CT molecular complexity index is 1040. The van der Waals surface area contributed by atoms with Crippen molar-refractivity contribution in [2.45, 2.75) is 18.9 Å². The normalized spacial score (nSPS) is 19.3. The Morgan fingerprint density at radius 1 is 0.963 bits per heavy atom. The van der Waals surface area contributed by atoms with Crippen LogP contribution in [-0.4, -0.2) is 27.6 Å². The molecule has 1 aromatic heterocycles. The number of aromatic nitrogens is 2. The average Bonchev–Trinajstić information content (AvgIpc) is 3.42. The first-order valence-electron chi connectivity index (χ1n) is 8.92. The average molecular weight is 361 g/mol. The van der Waals surface area contributed by atoms with E-state index in [1.165, 1.54) is 16.8 Å². The van der Waals surface area contributed by atoms with E-state index in [1.54, 1.807) is 23.1 Å². The van der Waals surface area contributed by atoms with Gasteiger partial charge in [0, 0.05) is 11.3 Å². The van der Waals surface area contributed by atoms with Crippen molar-refractivity contribution in [2.75, 3.05) is 4.90 Å². The van der Waals surface area contributed by atoms with Crippen LogP contribution in [0.2, 0.25) is 0 Å². The summed E-state index contributed by atoms with van der Waals surface area (Å²) in [5, 5.41) is 4.37. The zero-order valence-corrected chi connectivity index (χ0v) is 14.4. The Kier molecular flexibility index (Phi) is 3.47. The summed E-state index contributed by atoms with van der Waals surface area (Å²) >= 11 is 0. The largest absolute Gasteiger partial charge is 0.294 e. The van der Waals surface area contributed by atoms with Crippen LogP contribution in [0.3, 0.4) is 0 Å². The van der Waals surface area contributed by atoms with Gasteiger partial charge in [-0.1, -0.05) is 18.2 Å². The Hall–Kier alpha value is -3.28. The van der Waals surface area contributed by atoms with Gasteiger partial charge in [-0.05, 0) is 61.2 Å². The smallest absolute Gasteiger partial charge is 0.277 e. The Morgan fingerprint density at radius 2 is 1.67 bits per heavy atom. The van der Waals surface area contributed by atoms with Crippen molar-refractivity contribution in [3.05, 3.63) is 72.2 Å². The van der Waals surface area contributed by atoms with Gasteiger partial charge in [0.05, 0.1) is 5.69 Å². The number of carbonyl (C=O) groups is 2. The molecule has 3 aromatic rings. The molecule has 2 aliphatic rings. The molecule has 6 heteroatoms. The number of hydrogen-bond acceptors (Lipinski definition) is 3. The molecule has 5 nitrogen and oxygen atoms in total. The van der Waals surface area contributed by atoms with Gasteiger partial charge < -0.3 is 0 Å². The molecule has 1 unspecified atom stereocenters. The van der Waals surface area contributed by atoms with Gasteiger partial charge in [-0.2, -0.15) is 9.78 Å². The topological polar surface area (TPSA) is 55.2 Å². The van der Waals surface area contributed by atoms with Crippen molar-refractivity contribution >= 4 is 17.5 Å². The number of anilines is 1. The number of benzene rings is 2. The summed E-state index contributed by atoms with van der Waals surface area (Å²) in [5.74, 6) is -0.616. The van der Waals surface area contributed by atoms with Crippen molar-refractivity contribution in [3.8, 4) is 11.3 Å². The van der Waals surface area contributed by atoms with E-state index in [-0.39, 0.29) is 29.2 Å². The molecule has 1 aliphatic carbocycles. The van der Waals surface area contributed by atoms with Crippen LogP contribution in [0.5, 0.6) is 0 Å². The maximum Gasteiger partial charge on any atom is 0.277 e. The molecule has 0 N–H and O–H groups in total. The molecule has 0 spiro atoms. The molecular formula is C21H16FN3O2. The first-order valence-corrected chi connectivity index (χ1v) is 8.92. The molecule has 0 saturated heterocycles. The fourth-order valence-electron chi connectivity index (χ4n) is 3.64. The lowest BCUT2D eigenvalue weighted by Gasteiger charge is -2.34. The quantitative estimate of drug-likeness (QED) is 0.714. The highest BCUT2D eigenvalue weighted by atomic mass is 19.1. The number of amides is 1. The summed E-state index contributed by atoms with van der Waals surface area (Å²) in [6.07, 6.45) is 1.85. The molecule has 134 valence electrons. The van der Waals surface area contributed by atoms with Crippen LogP contribution >= 0.6 is 0 Å². The fraction of sp³-hybridized carbons (Fsp3) is 0.190. The summed E-state index contributed by atoms with van der Waals surface area (Å²) in [4.78, 5) is 28.0. The van der Waals surface area contributed by atoms with Crippen LogP contribution in [0.4, 0.5) is 10.1 Å². The third-order valence-electron chi connectivity index (χ3n) is 5.13. The summed E-state index contributed by atoms with van der Waals surface area (Å²) < 4.78 is 14.4. The van der Waals surface area contributed by atoms with Crippen molar-refractivity contribution < 1.29 is 14.0 Å². The third kappa shape index (κ3) is 2.56. The predicted molar refractivity (Wildman–Crippen MR) is 98.0 cm³/mol. The van der Waals surface area contributed by atoms with Gasteiger partial charge in [0.1, 0.15) is 17.6 Å². The minimum Gasteiger partial charge on any atom is -0.294 e. The molecule has 2 heterocycles. The van der Waals surface area contributed by atoms with Crippen molar-refractivity contribution in [1.82, 2.24) is 9.78 Å². The number of fused-ring (bicyclic) bond motifs is 1. The minimum absolute atomic E-state index is 0.160. The molecule has 1 fully saturated rings. The van der Waals surface area contributed by atoms with Crippen molar-refractivity contribution in [1.29, 1.82) is 0 Å². The second kappa shape index (κ2) is 5.87. The van der Waals surface area contributed by atoms with E-state index < -0.39 is 6.04 Å². The lowest BCUT2D eigenvalue weighted by molar-refractivity contribution is 0.0763. The van der Waals surface area contributed by atoms with Crippen molar-refractivity contribution in [2.24, 2.45) is 5.92 Å². The van der Waals surface area contributed by atoms with E-state index in [0.29, 0.717) is 16.9 Å². The highest BCUT2D eigenvalue weighted by Crippen LogP contribution is 2.40. The summed E-state index contributed by atoms with van der Waals surface area (Å²) in [7, 11) is 0. The van der Waals surface area contributed by atoms with Gasteiger partial charge in [0.15, 0.2) is 0 Å². The third-order valence-corrected chi connectivity index (χ3v) is 5.13. The van der Waals surface area contributed by atoms with E-state index in [2.05, 4.69) is 5.10 Å². The van der Waals surface area contributed by atoms with Gasteiger partial charge in [0.25, 0.3) is 11.8 Å². The van der Waals surface area contributed by atoms with Crippen LogP contribution in [-0.2, 0) is 0 Å². The van der Waals surface area contributed by atoms with E-state index in [0.717, 1.165) is 12.8 Å². The summed E-state index contributed by atoms with van der Waals surface area (Å²) in [5.41, 5.74) is 2.09. The molecule has 0 radical (unpaired) electrons. The standard InChI is InChI=1S/C21H16FN3O2/c22-15-10-8-13(9-11-15)17-12-18-20(26)24(16-4-2-1-3-5-16)19(14-6-7-14)21(27)25(18)23-17/h1-5,8-12,14,19H,6-7H2. The first kappa shape index (κ1) is 15.9. The van der Waals surface area contributed by atoms with E-state index in [4.69, 9.17) is 0 Å². The van der Waals surface area contributed by atoms with Crippen LogP contribution in [0.15, 0.2) is 60.7 Å². The number of rotatable bonds is 3. The van der Waals surface area contributed by atoms with Crippen LogP contribution in [0.25, 0.3) is 11.3 Å². The molecule has 1 amide bonds. The Balaban J connectivity index is 1.62. The second-order valence-electron chi connectivity index (χ2n) is 6.96. The van der Waals surface area contributed by atoms with Gasteiger partial charge in [-0.25, -0.2) is 4.39 Å². The van der Waals surface area contributed by atoms with E-state index in [9.17, 15) is 14.0 Å². The monoisotopic (exact) mass is 361 g/mol. The maximum absolute atomic E-state index is 13.3. The van der Waals surface area contributed by atoms with Crippen LogP contribution in [0.1, 0.15) is 28.1 Å². The number of hydrogen-bond donors (Lipinski definition) is 0. The van der Waals surface area contributed by atoms with Crippen LogP contribution < -0.4 is 4.90 Å². The SMILES string of the molecule is O=C1c2cc(-c3ccc(F)cc3)nn2C(=O)C(C2CC2)N1c1ccccc1. The molecule has 1 aliphatic heterocycles. The number of nitrogens with zero attached hydrogens (tertiary/aromatic N) is 3. The Labute approximate surface area is 155 Å². The highest BCUT2D eigenvalue weighted by molar-refractivity contribution is 6.15. The predicted octanol–water partition coefficient (Wildman–Crippen LogP) is 3.77. The number of para-hydroxylation sites is 1. The van der Waals surface area contributed by atoms with E-state index >= 15 is 0 Å². The second-order valence-corrected chi connectivity index (χ2v) is 6.96. The molecule has 2 aromatic carbocycles. The van der Waals surface area contributed by atoms with Crippen LogP contribution in [0, 0.1) is 11.7 Å². The lowest BCUT2D eigenvalue weighted by Crippen LogP contribution is -2.54. The number of carbonyl (C=O) groups excluding carboxylic acids is 2. The maximum atomic E-state index is 13.3. The van der Waals surface area contributed by atoms with Gasteiger partial charge in [-0.3, -0.25) is 14.5 Å². The lowest BCUT2D eigenvalue weighted by atomic mass is 10.0. The van der Waals surface area contributed by atoms with Crippen molar-refractivity contribution in [3.63, 3.8) is 0 Å². The highest BCUT2D eigenvalue weighted by Gasteiger charge is 2.48. The van der Waals surface area contributed by atoms with Gasteiger partial charge in [-0.15, -0.1) is 0 Å².